The number of thiazole rings is 1. The highest BCUT2D eigenvalue weighted by molar-refractivity contribution is 7.98. The fourth-order valence-corrected chi connectivity index (χ4v) is 4.63. The molecule has 1 amide bonds. The fraction of sp³-hybridized carbons (Fsp3) is 0.238. The molecule has 0 radical (unpaired) electrons. The summed E-state index contributed by atoms with van der Waals surface area (Å²) in [6.07, 6.45) is 2.07. The molecule has 7 heteroatoms. The van der Waals surface area contributed by atoms with Crippen molar-refractivity contribution in [3.05, 3.63) is 58.6 Å². The second kappa shape index (κ2) is 7.85. The first kappa shape index (κ1) is 18.8. The van der Waals surface area contributed by atoms with E-state index in [-0.39, 0.29) is 11.7 Å². The maximum Gasteiger partial charge on any atom is 0.315 e. The minimum atomic E-state index is -0.389. The third-order valence-corrected chi connectivity index (χ3v) is 6.13. The third kappa shape index (κ3) is 3.47. The normalized spacial score (nSPS) is 12.2. The van der Waals surface area contributed by atoms with E-state index in [1.807, 2.05) is 18.2 Å². The van der Waals surface area contributed by atoms with E-state index in [0.717, 1.165) is 27.9 Å². The van der Waals surface area contributed by atoms with Crippen LogP contribution in [0.2, 0.25) is 0 Å². The van der Waals surface area contributed by atoms with E-state index in [0.29, 0.717) is 16.1 Å². The molecule has 0 N–H and O–H groups in total. The molecule has 0 aliphatic rings. The number of rotatable bonds is 5. The van der Waals surface area contributed by atoms with Crippen LogP contribution in [0, 0.1) is 6.92 Å². The molecule has 2 heterocycles. The monoisotopic (exact) mass is 412 g/mol. The van der Waals surface area contributed by atoms with Gasteiger partial charge in [0, 0.05) is 17.7 Å². The zero-order chi connectivity index (χ0) is 19.7. The molecule has 0 unspecified atom stereocenters. The number of para-hydroxylation sites is 1. The lowest BCUT2D eigenvalue weighted by atomic mass is 10.2. The van der Waals surface area contributed by atoms with Crippen molar-refractivity contribution in [3.8, 4) is 5.75 Å². The van der Waals surface area contributed by atoms with Gasteiger partial charge in [-0.2, -0.15) is 16.8 Å². The topological polar surface area (TPSA) is 56.7 Å². The SMILES string of the molecule is COc1cccc2cc(C(=O)N=c3sc4cc(C)ccc4n3CCSC)oc12. The Bertz CT molecular complexity index is 1230. The van der Waals surface area contributed by atoms with Crippen LogP contribution in [0.1, 0.15) is 16.1 Å². The molecule has 28 heavy (non-hydrogen) atoms. The molecule has 0 saturated carbocycles. The zero-order valence-corrected chi connectivity index (χ0v) is 17.5. The highest BCUT2D eigenvalue weighted by Gasteiger charge is 2.15. The summed E-state index contributed by atoms with van der Waals surface area (Å²) in [6.45, 7) is 2.86. The Morgan fingerprint density at radius 3 is 2.93 bits per heavy atom. The van der Waals surface area contributed by atoms with Crippen molar-refractivity contribution >= 4 is 50.2 Å². The van der Waals surface area contributed by atoms with Crippen molar-refractivity contribution in [3.63, 3.8) is 0 Å². The Labute approximate surface area is 170 Å². The first-order valence-electron chi connectivity index (χ1n) is 8.85. The van der Waals surface area contributed by atoms with Crippen LogP contribution < -0.4 is 9.54 Å². The Morgan fingerprint density at radius 1 is 1.29 bits per heavy atom. The van der Waals surface area contributed by atoms with Gasteiger partial charge in [0.1, 0.15) is 0 Å². The number of benzene rings is 2. The lowest BCUT2D eigenvalue weighted by Gasteiger charge is -2.03. The van der Waals surface area contributed by atoms with E-state index in [9.17, 15) is 4.79 Å². The number of amides is 1. The second-order valence-electron chi connectivity index (χ2n) is 6.41. The number of nitrogens with zero attached hydrogens (tertiary/aromatic N) is 2. The Balaban J connectivity index is 1.81. The number of ether oxygens (including phenoxy) is 1. The largest absolute Gasteiger partial charge is 0.493 e. The molecule has 0 spiro atoms. The molecule has 0 bridgehead atoms. The van der Waals surface area contributed by atoms with Crippen LogP contribution in [0.3, 0.4) is 0 Å². The number of methoxy groups -OCH3 is 1. The number of aromatic nitrogens is 1. The number of hydrogen-bond acceptors (Lipinski definition) is 5. The van der Waals surface area contributed by atoms with Crippen molar-refractivity contribution in [1.29, 1.82) is 0 Å². The first-order chi connectivity index (χ1) is 13.6. The standard InChI is InChI=1S/C21H20N2O3S2/c1-13-7-8-15-18(11-13)28-21(23(15)9-10-27-3)22-20(24)17-12-14-5-4-6-16(25-2)19(14)26-17/h4-8,11-12H,9-10H2,1-3H3. The van der Waals surface area contributed by atoms with Gasteiger partial charge in [-0.3, -0.25) is 4.79 Å². The van der Waals surface area contributed by atoms with Gasteiger partial charge < -0.3 is 13.7 Å². The molecular weight excluding hydrogens is 392 g/mol. The molecule has 2 aromatic carbocycles. The summed E-state index contributed by atoms with van der Waals surface area (Å²) in [4.78, 5) is 17.9. The quantitative estimate of drug-likeness (QED) is 0.469. The fourth-order valence-electron chi connectivity index (χ4n) is 3.11. The van der Waals surface area contributed by atoms with Crippen LogP contribution in [0.4, 0.5) is 0 Å². The van der Waals surface area contributed by atoms with Crippen LogP contribution in [-0.2, 0) is 6.54 Å². The van der Waals surface area contributed by atoms with E-state index in [1.54, 1.807) is 24.9 Å². The first-order valence-corrected chi connectivity index (χ1v) is 11.1. The van der Waals surface area contributed by atoms with Gasteiger partial charge in [0.15, 0.2) is 21.9 Å². The van der Waals surface area contributed by atoms with Gasteiger partial charge >= 0.3 is 5.91 Å². The molecule has 144 valence electrons. The molecular formula is C21H20N2O3S2. The van der Waals surface area contributed by atoms with Crippen molar-refractivity contribution < 1.29 is 13.9 Å². The number of carbonyl (C=O) groups excluding carboxylic acids is 1. The van der Waals surface area contributed by atoms with Crippen molar-refractivity contribution in [2.24, 2.45) is 4.99 Å². The van der Waals surface area contributed by atoms with E-state index in [2.05, 4.69) is 40.9 Å². The van der Waals surface area contributed by atoms with E-state index in [4.69, 9.17) is 9.15 Å². The average Bonchev–Trinajstić information content (AvgIpc) is 3.27. The summed E-state index contributed by atoms with van der Waals surface area (Å²) in [5.74, 6) is 1.37. The maximum absolute atomic E-state index is 12.8. The van der Waals surface area contributed by atoms with Crippen LogP contribution in [0.25, 0.3) is 21.2 Å². The molecule has 4 aromatic rings. The molecule has 0 aliphatic heterocycles. The number of aryl methyl sites for hydroxylation is 2. The summed E-state index contributed by atoms with van der Waals surface area (Å²) < 4.78 is 14.3. The summed E-state index contributed by atoms with van der Waals surface area (Å²) >= 11 is 3.29. The predicted molar refractivity (Wildman–Crippen MR) is 116 cm³/mol. The number of hydrogen-bond donors (Lipinski definition) is 0. The summed E-state index contributed by atoms with van der Waals surface area (Å²) in [5, 5.41) is 0.820. The van der Waals surface area contributed by atoms with Crippen LogP contribution >= 0.6 is 23.1 Å². The van der Waals surface area contributed by atoms with E-state index < -0.39 is 0 Å². The van der Waals surface area contributed by atoms with Crippen LogP contribution in [0.5, 0.6) is 5.75 Å². The van der Waals surface area contributed by atoms with Crippen LogP contribution in [-0.4, -0.2) is 29.6 Å². The summed E-state index contributed by atoms with van der Waals surface area (Å²) in [5.41, 5.74) is 2.85. The minimum Gasteiger partial charge on any atom is -0.493 e. The van der Waals surface area contributed by atoms with Gasteiger partial charge in [-0.15, -0.1) is 0 Å². The van der Waals surface area contributed by atoms with Gasteiger partial charge in [-0.25, -0.2) is 0 Å². The summed E-state index contributed by atoms with van der Waals surface area (Å²) in [6, 6.07) is 13.6. The summed E-state index contributed by atoms with van der Waals surface area (Å²) in [7, 11) is 1.58. The number of furan rings is 1. The lowest BCUT2D eigenvalue weighted by Crippen LogP contribution is -2.18. The number of carbonyl (C=O) groups is 1. The van der Waals surface area contributed by atoms with Gasteiger partial charge in [-0.05, 0) is 43.0 Å². The Kier molecular flexibility index (Phi) is 5.28. The molecule has 2 aromatic heterocycles. The lowest BCUT2D eigenvalue weighted by molar-refractivity contribution is 0.0973. The predicted octanol–water partition coefficient (Wildman–Crippen LogP) is 4.87. The molecule has 0 fully saturated rings. The maximum atomic E-state index is 12.8. The highest BCUT2D eigenvalue weighted by atomic mass is 32.2. The Hall–Kier alpha value is -2.51. The smallest absolute Gasteiger partial charge is 0.315 e. The van der Waals surface area contributed by atoms with Gasteiger partial charge in [-0.1, -0.05) is 29.5 Å². The molecule has 0 aliphatic carbocycles. The van der Waals surface area contributed by atoms with Gasteiger partial charge in [0.2, 0.25) is 0 Å². The Morgan fingerprint density at radius 2 is 2.14 bits per heavy atom. The van der Waals surface area contributed by atoms with Gasteiger partial charge in [0.05, 0.1) is 17.3 Å². The van der Waals surface area contributed by atoms with Crippen LogP contribution in [0.15, 0.2) is 51.9 Å². The van der Waals surface area contributed by atoms with Gasteiger partial charge in [0.25, 0.3) is 0 Å². The third-order valence-electron chi connectivity index (χ3n) is 4.49. The number of thioether (sulfide) groups is 1. The van der Waals surface area contributed by atoms with Crippen molar-refractivity contribution in [1.82, 2.24) is 4.57 Å². The van der Waals surface area contributed by atoms with E-state index in [1.165, 1.54) is 16.9 Å². The zero-order valence-electron chi connectivity index (χ0n) is 15.9. The molecule has 5 nitrogen and oxygen atoms in total. The van der Waals surface area contributed by atoms with Crippen molar-refractivity contribution in [2.75, 3.05) is 19.1 Å². The molecule has 0 atom stereocenters. The minimum absolute atomic E-state index is 0.213. The second-order valence-corrected chi connectivity index (χ2v) is 8.40. The highest BCUT2D eigenvalue weighted by Crippen LogP contribution is 2.28. The van der Waals surface area contributed by atoms with E-state index >= 15 is 0 Å². The number of fused-ring (bicyclic) bond motifs is 2. The molecule has 4 rings (SSSR count). The van der Waals surface area contributed by atoms with Crippen molar-refractivity contribution in [2.45, 2.75) is 13.5 Å². The average molecular weight is 413 g/mol. The molecule has 0 saturated heterocycles.